The van der Waals surface area contributed by atoms with E-state index in [0.29, 0.717) is 42.9 Å². The van der Waals surface area contributed by atoms with Gasteiger partial charge in [-0.25, -0.2) is 13.9 Å². The monoisotopic (exact) mass is 391 g/mol. The summed E-state index contributed by atoms with van der Waals surface area (Å²) in [5.41, 5.74) is 3.84. The standard InChI is InChI=1S/C21H18FN5O2/c1-29-20-8-16-15(2-5-23-19(16)9-18(20)22)17-11-25-27-12-13(10-24-21(17)27)26-6-3-14(28)4-7-26/h2,5,8-12H,3-4,6-7H2,1H3. The van der Waals surface area contributed by atoms with E-state index >= 15 is 0 Å². The van der Waals surface area contributed by atoms with Crippen LogP contribution in [0, 0.1) is 5.82 Å². The molecule has 0 aliphatic carbocycles. The fraction of sp³-hybridized carbons (Fsp3) is 0.238. The van der Waals surface area contributed by atoms with Gasteiger partial charge in [-0.2, -0.15) is 5.10 Å². The number of aromatic nitrogens is 4. The zero-order valence-corrected chi connectivity index (χ0v) is 15.8. The third-order valence-corrected chi connectivity index (χ3v) is 5.33. The minimum Gasteiger partial charge on any atom is -0.494 e. The Balaban J connectivity index is 1.60. The molecule has 0 atom stereocenters. The van der Waals surface area contributed by atoms with Crippen LogP contribution in [-0.2, 0) is 4.79 Å². The normalized spacial score (nSPS) is 14.7. The molecule has 8 heteroatoms. The van der Waals surface area contributed by atoms with Crippen molar-refractivity contribution in [2.24, 2.45) is 0 Å². The Bertz CT molecular complexity index is 1240. The van der Waals surface area contributed by atoms with Crippen LogP contribution in [0.2, 0.25) is 0 Å². The van der Waals surface area contributed by atoms with Crippen LogP contribution in [0.4, 0.5) is 10.1 Å². The maximum atomic E-state index is 14.1. The zero-order chi connectivity index (χ0) is 20.0. The van der Waals surface area contributed by atoms with Crippen molar-refractivity contribution in [2.75, 3.05) is 25.1 Å². The lowest BCUT2D eigenvalue weighted by Gasteiger charge is -2.27. The topological polar surface area (TPSA) is 72.6 Å². The highest BCUT2D eigenvalue weighted by molar-refractivity contribution is 5.98. The summed E-state index contributed by atoms with van der Waals surface area (Å²) in [6.07, 6.45) is 8.24. The molecule has 1 aliphatic heterocycles. The first-order valence-corrected chi connectivity index (χ1v) is 9.36. The average molecular weight is 391 g/mol. The van der Waals surface area contributed by atoms with E-state index in [0.717, 1.165) is 22.2 Å². The molecule has 7 nitrogen and oxygen atoms in total. The fourth-order valence-electron chi connectivity index (χ4n) is 3.77. The van der Waals surface area contributed by atoms with Crippen LogP contribution in [0.15, 0.2) is 43.0 Å². The van der Waals surface area contributed by atoms with E-state index < -0.39 is 5.82 Å². The Morgan fingerprint density at radius 2 is 1.93 bits per heavy atom. The van der Waals surface area contributed by atoms with Crippen LogP contribution in [0.25, 0.3) is 27.7 Å². The first-order chi connectivity index (χ1) is 14.1. The summed E-state index contributed by atoms with van der Waals surface area (Å²) in [6.45, 7) is 1.39. The van der Waals surface area contributed by atoms with Crippen molar-refractivity contribution in [3.05, 3.63) is 48.8 Å². The number of hydrogen-bond donors (Lipinski definition) is 0. The number of fused-ring (bicyclic) bond motifs is 2. The quantitative estimate of drug-likeness (QED) is 0.534. The second-order valence-corrected chi connectivity index (χ2v) is 7.03. The van der Waals surface area contributed by atoms with Gasteiger partial charge in [0.05, 0.1) is 36.9 Å². The molecule has 29 heavy (non-hydrogen) atoms. The van der Waals surface area contributed by atoms with Gasteiger partial charge in [-0.15, -0.1) is 0 Å². The largest absolute Gasteiger partial charge is 0.494 e. The van der Waals surface area contributed by atoms with E-state index in [1.54, 1.807) is 29.2 Å². The Hall–Kier alpha value is -3.55. The van der Waals surface area contributed by atoms with Crippen molar-refractivity contribution in [1.29, 1.82) is 0 Å². The lowest BCUT2D eigenvalue weighted by atomic mass is 10.0. The first kappa shape index (κ1) is 17.5. The lowest BCUT2D eigenvalue weighted by molar-refractivity contribution is -0.119. The number of benzene rings is 1. The predicted molar refractivity (Wildman–Crippen MR) is 107 cm³/mol. The highest BCUT2D eigenvalue weighted by Gasteiger charge is 2.19. The number of piperidine rings is 1. The predicted octanol–water partition coefficient (Wildman–Crippen LogP) is 3.26. The van der Waals surface area contributed by atoms with E-state index in [1.165, 1.54) is 13.2 Å². The van der Waals surface area contributed by atoms with E-state index in [-0.39, 0.29) is 5.75 Å². The van der Waals surface area contributed by atoms with Crippen molar-refractivity contribution in [3.8, 4) is 16.9 Å². The molecular weight excluding hydrogens is 373 g/mol. The Morgan fingerprint density at radius 3 is 2.72 bits per heavy atom. The van der Waals surface area contributed by atoms with Gasteiger partial charge in [-0.3, -0.25) is 9.78 Å². The smallest absolute Gasteiger partial charge is 0.167 e. The number of anilines is 1. The van der Waals surface area contributed by atoms with E-state index in [4.69, 9.17) is 4.74 Å². The fourth-order valence-corrected chi connectivity index (χ4v) is 3.77. The molecule has 1 fully saturated rings. The van der Waals surface area contributed by atoms with Gasteiger partial charge in [0.1, 0.15) is 5.78 Å². The van der Waals surface area contributed by atoms with Gasteiger partial charge in [0.25, 0.3) is 0 Å². The molecule has 0 amide bonds. The number of pyridine rings is 1. The van der Waals surface area contributed by atoms with Crippen LogP contribution in [0.3, 0.4) is 0 Å². The third kappa shape index (κ3) is 2.97. The van der Waals surface area contributed by atoms with Gasteiger partial charge in [0.2, 0.25) is 0 Å². The maximum absolute atomic E-state index is 14.1. The zero-order valence-electron chi connectivity index (χ0n) is 15.8. The van der Waals surface area contributed by atoms with Crippen molar-refractivity contribution in [3.63, 3.8) is 0 Å². The average Bonchev–Trinajstić information content (AvgIpc) is 3.16. The molecule has 4 heterocycles. The number of carbonyl (C=O) groups excluding carboxylic acids is 1. The van der Waals surface area contributed by atoms with Gasteiger partial charge in [-0.05, 0) is 17.7 Å². The Kier molecular flexibility index (Phi) is 4.12. The second-order valence-electron chi connectivity index (χ2n) is 7.03. The summed E-state index contributed by atoms with van der Waals surface area (Å²) >= 11 is 0. The lowest BCUT2D eigenvalue weighted by Crippen LogP contribution is -2.33. The van der Waals surface area contributed by atoms with Crippen LogP contribution < -0.4 is 9.64 Å². The van der Waals surface area contributed by atoms with Crippen LogP contribution >= 0.6 is 0 Å². The molecule has 0 spiro atoms. The number of hydrogen-bond acceptors (Lipinski definition) is 6. The number of Topliss-reactive ketones (excluding diaryl/α,β-unsaturated/α-hetero) is 1. The molecule has 0 N–H and O–H groups in total. The summed E-state index contributed by atoms with van der Waals surface area (Å²) in [4.78, 5) is 22.5. The number of carbonyl (C=O) groups is 1. The molecule has 0 saturated carbocycles. The van der Waals surface area contributed by atoms with Crippen molar-refractivity contribution < 1.29 is 13.9 Å². The Morgan fingerprint density at radius 1 is 1.10 bits per heavy atom. The molecule has 1 saturated heterocycles. The molecule has 3 aromatic heterocycles. The number of ketones is 1. The second kappa shape index (κ2) is 6.80. The van der Waals surface area contributed by atoms with Gasteiger partial charge in [0.15, 0.2) is 17.2 Å². The summed E-state index contributed by atoms with van der Waals surface area (Å²) in [5, 5.41) is 5.23. The molecule has 0 bridgehead atoms. The van der Waals surface area contributed by atoms with E-state index in [9.17, 15) is 9.18 Å². The molecule has 0 unspecified atom stereocenters. The van der Waals surface area contributed by atoms with Gasteiger partial charge in [-0.1, -0.05) is 0 Å². The molecule has 4 aromatic rings. The molecule has 146 valence electrons. The maximum Gasteiger partial charge on any atom is 0.167 e. The molecule has 1 aromatic carbocycles. The number of nitrogens with zero attached hydrogens (tertiary/aromatic N) is 5. The number of halogens is 1. The number of rotatable bonds is 3. The van der Waals surface area contributed by atoms with Gasteiger partial charge in [0, 0.05) is 49.1 Å². The number of methoxy groups -OCH3 is 1. The van der Waals surface area contributed by atoms with E-state index in [1.807, 2.05) is 12.3 Å². The van der Waals surface area contributed by atoms with Gasteiger partial charge < -0.3 is 9.64 Å². The van der Waals surface area contributed by atoms with Gasteiger partial charge >= 0.3 is 0 Å². The molecular formula is C21H18FN5O2. The molecule has 1 aliphatic rings. The number of ether oxygens (including phenoxy) is 1. The summed E-state index contributed by atoms with van der Waals surface area (Å²) in [7, 11) is 1.44. The van der Waals surface area contributed by atoms with Crippen LogP contribution in [0.5, 0.6) is 5.75 Å². The van der Waals surface area contributed by atoms with Crippen molar-refractivity contribution in [2.45, 2.75) is 12.8 Å². The third-order valence-electron chi connectivity index (χ3n) is 5.33. The highest BCUT2D eigenvalue weighted by atomic mass is 19.1. The summed E-state index contributed by atoms with van der Waals surface area (Å²) < 4.78 is 20.9. The van der Waals surface area contributed by atoms with Crippen LogP contribution in [-0.4, -0.2) is 45.6 Å². The SMILES string of the molecule is COc1cc2c(-c3cnn4cc(N5CCC(=O)CC5)cnc34)ccnc2cc1F. The Labute approximate surface area is 165 Å². The van der Waals surface area contributed by atoms with Crippen LogP contribution in [0.1, 0.15) is 12.8 Å². The minimum absolute atomic E-state index is 0.165. The molecule has 5 rings (SSSR count). The summed E-state index contributed by atoms with van der Waals surface area (Å²) in [5.74, 6) is 0.0125. The molecule has 0 radical (unpaired) electrons. The van der Waals surface area contributed by atoms with E-state index in [2.05, 4.69) is 20.0 Å². The summed E-state index contributed by atoms with van der Waals surface area (Å²) in [6, 6.07) is 4.88. The minimum atomic E-state index is -0.452. The first-order valence-electron chi connectivity index (χ1n) is 9.36. The van der Waals surface area contributed by atoms with Crippen molar-refractivity contribution in [1.82, 2.24) is 19.6 Å². The highest BCUT2D eigenvalue weighted by Crippen LogP contribution is 2.33. The van der Waals surface area contributed by atoms with Crippen molar-refractivity contribution >= 4 is 28.0 Å².